The topological polar surface area (TPSA) is 46.6 Å². The summed E-state index contributed by atoms with van der Waals surface area (Å²) in [5.74, 6) is -0.0999. The normalized spacial score (nSPS) is 10.0. The van der Waals surface area contributed by atoms with Gasteiger partial charge < -0.3 is 9.64 Å². The lowest BCUT2D eigenvalue weighted by molar-refractivity contribution is -0.147. The molecular formula is C11H15NO3S2. The summed E-state index contributed by atoms with van der Waals surface area (Å²) >= 11 is 3.08. The maximum absolute atomic E-state index is 11.7. The Balaban J connectivity index is 2.29. The van der Waals surface area contributed by atoms with Crippen LogP contribution in [0, 0.1) is 0 Å². The van der Waals surface area contributed by atoms with Crippen LogP contribution in [0.1, 0.15) is 6.92 Å². The third-order valence-electron chi connectivity index (χ3n) is 1.93. The Labute approximate surface area is 109 Å². The van der Waals surface area contributed by atoms with Gasteiger partial charge in [-0.1, -0.05) is 6.07 Å². The number of nitrogens with zero attached hydrogens (tertiary/aromatic N) is 1. The molecule has 1 amide bonds. The van der Waals surface area contributed by atoms with Crippen molar-refractivity contribution in [2.45, 2.75) is 11.1 Å². The number of likely N-dealkylation sites (N-methyl/N-ethyl adjacent to an activating group) is 1. The Morgan fingerprint density at radius 1 is 1.53 bits per heavy atom. The van der Waals surface area contributed by atoms with Gasteiger partial charge in [0.25, 0.3) is 0 Å². The molecule has 0 saturated carbocycles. The molecule has 0 radical (unpaired) electrons. The van der Waals surface area contributed by atoms with Gasteiger partial charge in [0.1, 0.15) is 6.54 Å². The van der Waals surface area contributed by atoms with E-state index >= 15 is 0 Å². The van der Waals surface area contributed by atoms with Crippen molar-refractivity contribution >= 4 is 35.0 Å². The standard InChI is InChI=1S/C11H15NO3S2/c1-3-15-10(14)7-12(2)9(13)8-17-11-5-4-6-16-11/h4-6H,3,7-8H2,1-2H3. The zero-order valence-corrected chi connectivity index (χ0v) is 11.5. The molecular weight excluding hydrogens is 258 g/mol. The molecule has 1 heterocycles. The third-order valence-corrected chi connectivity index (χ3v) is 4.05. The van der Waals surface area contributed by atoms with Crippen molar-refractivity contribution in [3.63, 3.8) is 0 Å². The zero-order chi connectivity index (χ0) is 12.7. The highest BCUT2D eigenvalue weighted by molar-refractivity contribution is 8.01. The van der Waals surface area contributed by atoms with E-state index in [0.717, 1.165) is 4.21 Å². The molecule has 0 saturated heterocycles. The van der Waals surface area contributed by atoms with Gasteiger partial charge in [-0.2, -0.15) is 0 Å². The van der Waals surface area contributed by atoms with Gasteiger partial charge in [0.05, 0.1) is 16.6 Å². The van der Waals surface area contributed by atoms with Crippen LogP contribution in [0.25, 0.3) is 0 Å². The largest absolute Gasteiger partial charge is 0.465 e. The van der Waals surface area contributed by atoms with Crippen LogP contribution in [0.15, 0.2) is 21.7 Å². The lowest BCUT2D eigenvalue weighted by Gasteiger charge is -2.15. The molecule has 1 aromatic rings. The third kappa shape index (κ3) is 5.23. The SMILES string of the molecule is CCOC(=O)CN(C)C(=O)CSc1cccs1. The molecule has 0 unspecified atom stereocenters. The van der Waals surface area contributed by atoms with Crippen LogP contribution in [-0.2, 0) is 14.3 Å². The molecule has 0 atom stereocenters. The number of ether oxygens (including phenoxy) is 1. The van der Waals surface area contributed by atoms with E-state index in [1.165, 1.54) is 16.7 Å². The molecule has 1 rings (SSSR count). The molecule has 0 N–H and O–H groups in total. The molecule has 6 heteroatoms. The second kappa shape index (κ2) is 7.34. The van der Waals surface area contributed by atoms with Crippen molar-refractivity contribution in [3.8, 4) is 0 Å². The molecule has 0 spiro atoms. The number of rotatable bonds is 6. The highest BCUT2D eigenvalue weighted by Crippen LogP contribution is 2.23. The van der Waals surface area contributed by atoms with Gasteiger partial charge in [0, 0.05) is 7.05 Å². The van der Waals surface area contributed by atoms with E-state index < -0.39 is 0 Å². The quantitative estimate of drug-likeness (QED) is 0.586. The minimum absolute atomic E-state index is 0.0116. The van der Waals surface area contributed by atoms with Gasteiger partial charge in [0.2, 0.25) is 5.91 Å². The van der Waals surface area contributed by atoms with Crippen LogP contribution >= 0.6 is 23.1 Å². The highest BCUT2D eigenvalue weighted by atomic mass is 32.2. The predicted octanol–water partition coefficient (Wildman–Crippen LogP) is 1.86. The number of carbonyl (C=O) groups is 2. The number of hydrogen-bond acceptors (Lipinski definition) is 5. The monoisotopic (exact) mass is 273 g/mol. The van der Waals surface area contributed by atoms with E-state index in [-0.39, 0.29) is 18.4 Å². The first-order valence-corrected chi connectivity index (χ1v) is 7.06. The molecule has 0 aliphatic rings. The van der Waals surface area contributed by atoms with Crippen molar-refractivity contribution in [1.82, 2.24) is 4.90 Å². The fourth-order valence-electron chi connectivity index (χ4n) is 1.08. The number of hydrogen-bond donors (Lipinski definition) is 0. The second-order valence-electron chi connectivity index (χ2n) is 3.28. The molecule has 0 fully saturated rings. The van der Waals surface area contributed by atoms with Gasteiger partial charge in [-0.15, -0.1) is 23.1 Å². The van der Waals surface area contributed by atoms with Crippen LogP contribution in [0.4, 0.5) is 0 Å². The van der Waals surface area contributed by atoms with Gasteiger partial charge in [0.15, 0.2) is 0 Å². The summed E-state index contributed by atoms with van der Waals surface area (Å²) in [7, 11) is 1.61. The van der Waals surface area contributed by atoms with E-state index in [1.54, 1.807) is 25.3 Å². The molecule has 0 aromatic carbocycles. The van der Waals surface area contributed by atoms with Gasteiger partial charge >= 0.3 is 5.97 Å². The fourth-order valence-corrected chi connectivity index (χ4v) is 2.80. The van der Waals surface area contributed by atoms with Crippen molar-refractivity contribution in [2.24, 2.45) is 0 Å². The number of esters is 1. The van der Waals surface area contributed by atoms with Crippen LogP contribution in [0.2, 0.25) is 0 Å². The Morgan fingerprint density at radius 2 is 2.29 bits per heavy atom. The lowest BCUT2D eigenvalue weighted by Crippen LogP contribution is -2.34. The molecule has 94 valence electrons. The number of thioether (sulfide) groups is 1. The average molecular weight is 273 g/mol. The van der Waals surface area contributed by atoms with Crippen molar-refractivity contribution in [1.29, 1.82) is 0 Å². The Hall–Kier alpha value is -1.01. The van der Waals surface area contributed by atoms with Crippen molar-refractivity contribution in [2.75, 3.05) is 26.0 Å². The van der Waals surface area contributed by atoms with E-state index in [1.807, 2.05) is 17.5 Å². The van der Waals surface area contributed by atoms with Crippen LogP contribution in [-0.4, -0.2) is 42.7 Å². The number of carbonyl (C=O) groups excluding carboxylic acids is 2. The van der Waals surface area contributed by atoms with E-state index in [2.05, 4.69) is 0 Å². The van der Waals surface area contributed by atoms with E-state index in [4.69, 9.17) is 4.74 Å². The molecule has 1 aromatic heterocycles. The van der Waals surface area contributed by atoms with E-state index in [9.17, 15) is 9.59 Å². The van der Waals surface area contributed by atoms with Crippen molar-refractivity contribution < 1.29 is 14.3 Å². The maximum Gasteiger partial charge on any atom is 0.325 e. The molecule has 17 heavy (non-hydrogen) atoms. The summed E-state index contributed by atoms with van der Waals surface area (Å²) < 4.78 is 5.88. The minimum atomic E-state index is -0.371. The summed E-state index contributed by atoms with van der Waals surface area (Å²) in [4.78, 5) is 24.2. The lowest BCUT2D eigenvalue weighted by atomic mass is 10.5. The molecule has 0 aliphatic carbocycles. The summed E-state index contributed by atoms with van der Waals surface area (Å²) in [6.45, 7) is 2.09. The first kappa shape index (κ1) is 14.1. The zero-order valence-electron chi connectivity index (χ0n) is 9.84. The smallest absolute Gasteiger partial charge is 0.325 e. The summed E-state index contributed by atoms with van der Waals surface area (Å²) in [6.07, 6.45) is 0. The van der Waals surface area contributed by atoms with Crippen LogP contribution in [0.5, 0.6) is 0 Å². The fraction of sp³-hybridized carbons (Fsp3) is 0.455. The predicted molar refractivity (Wildman–Crippen MR) is 69.3 cm³/mol. The van der Waals surface area contributed by atoms with Gasteiger partial charge in [-0.05, 0) is 18.4 Å². The van der Waals surface area contributed by atoms with E-state index in [0.29, 0.717) is 12.4 Å². The Bertz CT molecular complexity index is 365. The second-order valence-corrected chi connectivity index (χ2v) is 5.50. The average Bonchev–Trinajstić information content (AvgIpc) is 2.78. The first-order valence-electron chi connectivity index (χ1n) is 5.19. The number of amides is 1. The molecule has 4 nitrogen and oxygen atoms in total. The van der Waals surface area contributed by atoms with Gasteiger partial charge in [-0.25, -0.2) is 0 Å². The first-order chi connectivity index (χ1) is 8.13. The van der Waals surface area contributed by atoms with Crippen molar-refractivity contribution in [3.05, 3.63) is 17.5 Å². The Morgan fingerprint density at radius 3 is 2.88 bits per heavy atom. The molecule has 0 bridgehead atoms. The van der Waals surface area contributed by atoms with Gasteiger partial charge in [-0.3, -0.25) is 9.59 Å². The maximum atomic E-state index is 11.7. The van der Waals surface area contributed by atoms with Crippen LogP contribution < -0.4 is 0 Å². The highest BCUT2D eigenvalue weighted by Gasteiger charge is 2.13. The molecule has 0 aliphatic heterocycles. The van der Waals surface area contributed by atoms with Crippen LogP contribution in [0.3, 0.4) is 0 Å². The summed E-state index contributed by atoms with van der Waals surface area (Å²) in [6, 6.07) is 3.91. The Kier molecular flexibility index (Phi) is 6.07. The number of thiophene rings is 1. The minimum Gasteiger partial charge on any atom is -0.465 e. The summed E-state index contributed by atoms with van der Waals surface area (Å²) in [5.41, 5.74) is 0. The summed E-state index contributed by atoms with van der Waals surface area (Å²) in [5, 5.41) is 1.97.